The summed E-state index contributed by atoms with van der Waals surface area (Å²) in [6.45, 7) is 0. The molecule has 5 heteroatoms. The average molecular weight is 346 g/mol. The van der Waals surface area contributed by atoms with Crippen LogP contribution >= 0.6 is 27.3 Å². The number of hydrogen-bond donors (Lipinski definition) is 1. The molecule has 0 spiro atoms. The van der Waals surface area contributed by atoms with Gasteiger partial charge in [0.1, 0.15) is 0 Å². The van der Waals surface area contributed by atoms with Gasteiger partial charge in [0.25, 0.3) is 0 Å². The maximum atomic E-state index is 13.6. The van der Waals surface area contributed by atoms with Gasteiger partial charge < -0.3 is 5.32 Å². The summed E-state index contributed by atoms with van der Waals surface area (Å²) in [5, 5.41) is 7.30. The Balaban J connectivity index is 2.15. The number of aryl methyl sites for hydroxylation is 1. The summed E-state index contributed by atoms with van der Waals surface area (Å²) < 4.78 is 26.9. The highest BCUT2D eigenvalue weighted by Gasteiger charge is 2.17. The van der Waals surface area contributed by atoms with Crippen molar-refractivity contribution in [2.24, 2.45) is 0 Å². The standard InChI is InChI=1S/C14H14BrF2NS/c1-18-12(5-2-9-6-7-19-8-9)10-3-4-11(16)14(17)13(10)15/h3-4,6-8,12,18H,2,5H2,1H3. The maximum absolute atomic E-state index is 13.6. The molecular weight excluding hydrogens is 332 g/mol. The molecule has 1 aromatic carbocycles. The van der Waals surface area contributed by atoms with E-state index in [4.69, 9.17) is 0 Å². The molecule has 0 amide bonds. The van der Waals surface area contributed by atoms with Crippen LogP contribution in [0.2, 0.25) is 0 Å². The average Bonchev–Trinajstić information content (AvgIpc) is 2.92. The van der Waals surface area contributed by atoms with Crippen LogP contribution in [0, 0.1) is 11.6 Å². The molecule has 2 rings (SSSR count). The van der Waals surface area contributed by atoms with Crippen LogP contribution < -0.4 is 5.32 Å². The van der Waals surface area contributed by atoms with Crippen LogP contribution in [0.1, 0.15) is 23.6 Å². The first-order valence-corrected chi connectivity index (χ1v) is 7.68. The van der Waals surface area contributed by atoms with Crippen LogP contribution in [0.3, 0.4) is 0 Å². The highest BCUT2D eigenvalue weighted by atomic mass is 79.9. The third-order valence-corrected chi connectivity index (χ3v) is 4.63. The summed E-state index contributed by atoms with van der Waals surface area (Å²) in [6, 6.07) is 4.86. The Hall–Kier alpha value is -0.780. The molecule has 1 atom stereocenters. The summed E-state index contributed by atoms with van der Waals surface area (Å²) in [7, 11) is 1.83. The number of rotatable bonds is 5. The van der Waals surface area contributed by atoms with Crippen molar-refractivity contribution in [2.75, 3.05) is 7.05 Å². The summed E-state index contributed by atoms with van der Waals surface area (Å²) in [5.74, 6) is -1.66. The van der Waals surface area contributed by atoms with Gasteiger partial charge in [0.05, 0.1) is 4.47 Å². The molecule has 0 aliphatic carbocycles. The molecular formula is C14H14BrF2NS. The van der Waals surface area contributed by atoms with Gasteiger partial charge in [0.2, 0.25) is 0 Å². The summed E-state index contributed by atoms with van der Waals surface area (Å²) in [6.07, 6.45) is 1.73. The molecule has 1 heterocycles. The highest BCUT2D eigenvalue weighted by Crippen LogP contribution is 2.30. The van der Waals surface area contributed by atoms with Crippen molar-refractivity contribution in [3.63, 3.8) is 0 Å². The molecule has 0 saturated carbocycles. The minimum atomic E-state index is -0.830. The van der Waals surface area contributed by atoms with Crippen LogP contribution in [0.25, 0.3) is 0 Å². The minimum Gasteiger partial charge on any atom is -0.313 e. The fraction of sp³-hybridized carbons (Fsp3) is 0.286. The highest BCUT2D eigenvalue weighted by molar-refractivity contribution is 9.10. The molecule has 0 radical (unpaired) electrons. The number of thiophene rings is 1. The van der Waals surface area contributed by atoms with Crippen molar-refractivity contribution in [1.29, 1.82) is 0 Å². The zero-order valence-electron chi connectivity index (χ0n) is 10.4. The first-order chi connectivity index (χ1) is 9.13. The van der Waals surface area contributed by atoms with Crippen LogP contribution in [-0.2, 0) is 6.42 Å². The fourth-order valence-electron chi connectivity index (χ4n) is 2.01. The summed E-state index contributed by atoms with van der Waals surface area (Å²) in [5.41, 5.74) is 2.01. The predicted octanol–water partition coefficient (Wildman–Crippen LogP) is 4.68. The second kappa shape index (κ2) is 6.59. The van der Waals surface area contributed by atoms with Gasteiger partial charge >= 0.3 is 0 Å². The second-order valence-electron chi connectivity index (χ2n) is 4.28. The minimum absolute atomic E-state index is 0.00984. The molecule has 0 aliphatic heterocycles. The van der Waals surface area contributed by atoms with E-state index in [1.54, 1.807) is 17.4 Å². The molecule has 0 saturated heterocycles. The van der Waals surface area contributed by atoms with Gasteiger partial charge in [-0.05, 0) is 69.8 Å². The summed E-state index contributed by atoms with van der Waals surface area (Å²) >= 11 is 4.80. The number of hydrogen-bond acceptors (Lipinski definition) is 2. The normalized spacial score (nSPS) is 12.6. The Morgan fingerprint density at radius 1 is 1.32 bits per heavy atom. The van der Waals surface area contributed by atoms with Crippen LogP contribution in [0.4, 0.5) is 8.78 Å². The first-order valence-electron chi connectivity index (χ1n) is 5.95. The van der Waals surface area contributed by atoms with Crippen molar-refractivity contribution in [3.05, 3.63) is 56.2 Å². The van der Waals surface area contributed by atoms with E-state index in [-0.39, 0.29) is 10.5 Å². The van der Waals surface area contributed by atoms with Gasteiger partial charge in [0.15, 0.2) is 11.6 Å². The van der Waals surface area contributed by atoms with E-state index in [2.05, 4.69) is 32.7 Å². The zero-order chi connectivity index (χ0) is 13.8. The van der Waals surface area contributed by atoms with E-state index in [0.29, 0.717) is 0 Å². The molecule has 1 unspecified atom stereocenters. The Bertz CT molecular complexity index is 543. The van der Waals surface area contributed by atoms with E-state index < -0.39 is 11.6 Å². The molecule has 0 fully saturated rings. The van der Waals surface area contributed by atoms with Gasteiger partial charge in [0, 0.05) is 6.04 Å². The van der Waals surface area contributed by atoms with E-state index in [0.717, 1.165) is 18.4 Å². The fourth-order valence-corrected chi connectivity index (χ4v) is 3.31. The van der Waals surface area contributed by atoms with Crippen molar-refractivity contribution >= 4 is 27.3 Å². The maximum Gasteiger partial charge on any atom is 0.173 e. The van der Waals surface area contributed by atoms with E-state index in [9.17, 15) is 8.78 Å². The Labute approximate surface area is 123 Å². The summed E-state index contributed by atoms with van der Waals surface area (Å²) in [4.78, 5) is 0. The molecule has 0 aliphatic rings. The van der Waals surface area contributed by atoms with Crippen LogP contribution in [-0.4, -0.2) is 7.05 Å². The molecule has 102 valence electrons. The van der Waals surface area contributed by atoms with E-state index >= 15 is 0 Å². The predicted molar refractivity (Wildman–Crippen MR) is 78.5 cm³/mol. The largest absolute Gasteiger partial charge is 0.313 e. The molecule has 2 aromatic rings. The number of nitrogens with one attached hydrogen (secondary N) is 1. The van der Waals surface area contributed by atoms with Gasteiger partial charge in [-0.1, -0.05) is 6.07 Å². The Morgan fingerprint density at radius 2 is 2.11 bits per heavy atom. The van der Waals surface area contributed by atoms with Crippen molar-refractivity contribution < 1.29 is 8.78 Å². The third kappa shape index (κ3) is 3.41. The third-order valence-electron chi connectivity index (χ3n) is 3.09. The van der Waals surface area contributed by atoms with Gasteiger partial charge in [-0.15, -0.1) is 0 Å². The zero-order valence-corrected chi connectivity index (χ0v) is 12.8. The molecule has 19 heavy (non-hydrogen) atoms. The smallest absolute Gasteiger partial charge is 0.173 e. The molecule has 1 N–H and O–H groups in total. The van der Waals surface area contributed by atoms with Crippen molar-refractivity contribution in [3.8, 4) is 0 Å². The van der Waals surface area contributed by atoms with Crippen molar-refractivity contribution in [2.45, 2.75) is 18.9 Å². The lowest BCUT2D eigenvalue weighted by Crippen LogP contribution is -2.18. The lowest BCUT2D eigenvalue weighted by atomic mass is 10.00. The van der Waals surface area contributed by atoms with E-state index in [1.807, 2.05) is 12.4 Å². The topological polar surface area (TPSA) is 12.0 Å². The number of halogens is 3. The SMILES string of the molecule is CNC(CCc1ccsc1)c1ccc(F)c(F)c1Br. The van der Waals surface area contributed by atoms with Crippen molar-refractivity contribution in [1.82, 2.24) is 5.32 Å². The first kappa shape index (κ1) is 14.6. The van der Waals surface area contributed by atoms with Crippen LogP contribution in [0.15, 0.2) is 33.4 Å². The van der Waals surface area contributed by atoms with E-state index in [1.165, 1.54) is 11.6 Å². The van der Waals surface area contributed by atoms with Crippen LogP contribution in [0.5, 0.6) is 0 Å². The lowest BCUT2D eigenvalue weighted by molar-refractivity contribution is 0.491. The van der Waals surface area contributed by atoms with Gasteiger partial charge in [-0.2, -0.15) is 11.3 Å². The van der Waals surface area contributed by atoms with Gasteiger partial charge in [-0.3, -0.25) is 0 Å². The molecule has 0 bridgehead atoms. The Kier molecular flexibility index (Phi) is 5.07. The monoisotopic (exact) mass is 345 g/mol. The Morgan fingerprint density at radius 3 is 2.74 bits per heavy atom. The lowest BCUT2D eigenvalue weighted by Gasteiger charge is -2.18. The second-order valence-corrected chi connectivity index (χ2v) is 5.85. The molecule has 1 aromatic heterocycles. The quantitative estimate of drug-likeness (QED) is 0.775. The molecule has 1 nitrogen and oxygen atoms in total. The van der Waals surface area contributed by atoms with Gasteiger partial charge in [-0.25, -0.2) is 8.78 Å². The number of benzene rings is 1.